The van der Waals surface area contributed by atoms with Gasteiger partial charge in [0.2, 0.25) is 0 Å². The first kappa shape index (κ1) is 10.2. The van der Waals surface area contributed by atoms with Crippen LogP contribution in [-0.4, -0.2) is 6.04 Å². The van der Waals surface area contributed by atoms with Gasteiger partial charge in [-0.05, 0) is 30.5 Å². The van der Waals surface area contributed by atoms with Crippen LogP contribution in [0.2, 0.25) is 0 Å². The summed E-state index contributed by atoms with van der Waals surface area (Å²) < 4.78 is 1.15. The van der Waals surface area contributed by atoms with Crippen molar-refractivity contribution >= 4 is 15.9 Å². The molecule has 0 bridgehead atoms. The Labute approximate surface area is 94.0 Å². The zero-order chi connectivity index (χ0) is 10.2. The molecule has 1 aromatic rings. The van der Waals surface area contributed by atoms with Crippen LogP contribution < -0.4 is 5.32 Å². The first-order valence-corrected chi connectivity index (χ1v) is 5.95. The van der Waals surface area contributed by atoms with Gasteiger partial charge in [0, 0.05) is 16.1 Å². The molecule has 0 atom stereocenters. The first-order valence-electron chi connectivity index (χ1n) is 5.16. The van der Waals surface area contributed by atoms with Gasteiger partial charge in [0.05, 0.1) is 0 Å². The van der Waals surface area contributed by atoms with Crippen molar-refractivity contribution in [3.63, 3.8) is 0 Å². The molecule has 0 unspecified atom stereocenters. The third-order valence-corrected chi connectivity index (χ3v) is 3.24. The molecule has 76 valence electrons. The van der Waals surface area contributed by atoms with Crippen LogP contribution in [0.25, 0.3) is 0 Å². The maximum absolute atomic E-state index is 3.65. The number of hydrogen-bond donors (Lipinski definition) is 1. The zero-order valence-electron chi connectivity index (χ0n) is 8.68. The molecule has 0 saturated heterocycles. The molecule has 0 radical (unpaired) electrons. The summed E-state index contributed by atoms with van der Waals surface area (Å²) in [5.41, 5.74) is 1.71. The van der Waals surface area contributed by atoms with Crippen molar-refractivity contribution in [3.8, 4) is 0 Å². The fourth-order valence-electron chi connectivity index (χ4n) is 1.96. The molecule has 0 spiro atoms. The molecule has 0 aliphatic heterocycles. The van der Waals surface area contributed by atoms with Crippen molar-refractivity contribution in [2.24, 2.45) is 0 Å². The van der Waals surface area contributed by atoms with Crippen molar-refractivity contribution in [2.45, 2.75) is 38.3 Å². The van der Waals surface area contributed by atoms with Gasteiger partial charge in [-0.1, -0.05) is 41.9 Å². The normalized spacial score (nSPS) is 18.6. The molecular weight excluding hydrogens is 238 g/mol. The van der Waals surface area contributed by atoms with Gasteiger partial charge < -0.3 is 5.32 Å². The Hall–Kier alpha value is -0.340. The average Bonchev–Trinajstić information content (AvgIpc) is 2.85. The highest BCUT2D eigenvalue weighted by Gasteiger charge is 2.44. The summed E-state index contributed by atoms with van der Waals surface area (Å²) in [6, 6.07) is 9.23. The summed E-state index contributed by atoms with van der Waals surface area (Å²) in [6.45, 7) is 4.41. The van der Waals surface area contributed by atoms with Crippen LogP contribution in [0.1, 0.15) is 32.3 Å². The van der Waals surface area contributed by atoms with E-state index < -0.39 is 0 Å². The highest BCUT2D eigenvalue weighted by molar-refractivity contribution is 9.10. The SMILES string of the molecule is CC(C)NC1(c2ccc(Br)cc2)CC1. The van der Waals surface area contributed by atoms with Gasteiger partial charge in [0.1, 0.15) is 0 Å². The second kappa shape index (κ2) is 3.67. The maximum Gasteiger partial charge on any atom is 0.0438 e. The van der Waals surface area contributed by atoms with Crippen molar-refractivity contribution < 1.29 is 0 Å². The highest BCUT2D eigenvalue weighted by atomic mass is 79.9. The van der Waals surface area contributed by atoms with E-state index >= 15 is 0 Å². The van der Waals surface area contributed by atoms with E-state index in [-0.39, 0.29) is 5.54 Å². The van der Waals surface area contributed by atoms with Crippen LogP contribution in [-0.2, 0) is 5.54 Å². The van der Waals surface area contributed by atoms with Crippen LogP contribution in [0.5, 0.6) is 0 Å². The van der Waals surface area contributed by atoms with Gasteiger partial charge in [-0.3, -0.25) is 0 Å². The number of nitrogens with one attached hydrogen (secondary N) is 1. The highest BCUT2D eigenvalue weighted by Crippen LogP contribution is 2.45. The summed E-state index contributed by atoms with van der Waals surface area (Å²) in [7, 11) is 0. The Kier molecular flexibility index (Phi) is 2.67. The molecule has 1 saturated carbocycles. The zero-order valence-corrected chi connectivity index (χ0v) is 10.3. The van der Waals surface area contributed by atoms with E-state index in [1.807, 2.05) is 0 Å². The van der Waals surface area contributed by atoms with Crippen molar-refractivity contribution in [3.05, 3.63) is 34.3 Å². The molecule has 2 heteroatoms. The van der Waals surface area contributed by atoms with Gasteiger partial charge in [-0.15, -0.1) is 0 Å². The third kappa shape index (κ3) is 2.01. The minimum absolute atomic E-state index is 0.287. The first-order chi connectivity index (χ1) is 6.62. The summed E-state index contributed by atoms with van der Waals surface area (Å²) in [4.78, 5) is 0. The number of halogens is 1. The van der Waals surface area contributed by atoms with Crippen molar-refractivity contribution in [1.29, 1.82) is 0 Å². The van der Waals surface area contributed by atoms with Crippen molar-refractivity contribution in [1.82, 2.24) is 5.32 Å². The molecule has 1 aromatic carbocycles. The molecule has 1 N–H and O–H groups in total. The standard InChI is InChI=1S/C12H16BrN/c1-9(2)14-12(7-8-12)10-3-5-11(13)6-4-10/h3-6,9,14H,7-8H2,1-2H3. The van der Waals surface area contributed by atoms with Crippen LogP contribution in [0, 0.1) is 0 Å². The fraction of sp³-hybridized carbons (Fsp3) is 0.500. The Morgan fingerprint density at radius 2 is 1.79 bits per heavy atom. The van der Waals surface area contributed by atoms with E-state index in [2.05, 4.69) is 59.4 Å². The van der Waals surface area contributed by atoms with Gasteiger partial charge in [-0.2, -0.15) is 0 Å². The quantitative estimate of drug-likeness (QED) is 0.871. The van der Waals surface area contributed by atoms with Crippen molar-refractivity contribution in [2.75, 3.05) is 0 Å². The third-order valence-electron chi connectivity index (χ3n) is 2.71. The van der Waals surface area contributed by atoms with Crippen LogP contribution >= 0.6 is 15.9 Å². The summed E-state index contributed by atoms with van der Waals surface area (Å²) in [6.07, 6.45) is 2.54. The minimum atomic E-state index is 0.287. The summed E-state index contributed by atoms with van der Waals surface area (Å²) in [5, 5.41) is 3.65. The predicted octanol–water partition coefficient (Wildman–Crippen LogP) is 3.44. The maximum atomic E-state index is 3.65. The molecule has 14 heavy (non-hydrogen) atoms. The molecule has 1 nitrogen and oxygen atoms in total. The van der Waals surface area contributed by atoms with Gasteiger partial charge in [-0.25, -0.2) is 0 Å². The molecule has 1 aliphatic carbocycles. The fourth-order valence-corrected chi connectivity index (χ4v) is 2.23. The average molecular weight is 254 g/mol. The Morgan fingerprint density at radius 1 is 1.21 bits per heavy atom. The second-order valence-corrected chi connectivity index (χ2v) is 5.30. The molecule has 1 aliphatic rings. The minimum Gasteiger partial charge on any atom is -0.305 e. The van der Waals surface area contributed by atoms with Gasteiger partial charge in [0.25, 0.3) is 0 Å². The predicted molar refractivity (Wildman–Crippen MR) is 63.3 cm³/mol. The number of rotatable bonds is 3. The van der Waals surface area contributed by atoms with E-state index in [4.69, 9.17) is 0 Å². The lowest BCUT2D eigenvalue weighted by Gasteiger charge is -2.20. The monoisotopic (exact) mass is 253 g/mol. The molecule has 0 amide bonds. The van der Waals surface area contributed by atoms with Crippen LogP contribution in [0.4, 0.5) is 0 Å². The van der Waals surface area contributed by atoms with Gasteiger partial charge >= 0.3 is 0 Å². The second-order valence-electron chi connectivity index (χ2n) is 4.39. The Bertz CT molecular complexity index is 312. The number of hydrogen-bond acceptors (Lipinski definition) is 1. The summed E-state index contributed by atoms with van der Waals surface area (Å²) in [5.74, 6) is 0. The largest absolute Gasteiger partial charge is 0.305 e. The van der Waals surface area contributed by atoms with E-state index in [1.165, 1.54) is 18.4 Å². The molecule has 0 heterocycles. The number of benzene rings is 1. The smallest absolute Gasteiger partial charge is 0.0438 e. The lowest BCUT2D eigenvalue weighted by atomic mass is 10.0. The lowest BCUT2D eigenvalue weighted by molar-refractivity contribution is 0.461. The van der Waals surface area contributed by atoms with Gasteiger partial charge in [0.15, 0.2) is 0 Å². The van der Waals surface area contributed by atoms with Crippen LogP contribution in [0.3, 0.4) is 0 Å². The van der Waals surface area contributed by atoms with E-state index in [9.17, 15) is 0 Å². The molecular formula is C12H16BrN. The lowest BCUT2D eigenvalue weighted by Crippen LogP contribution is -2.34. The van der Waals surface area contributed by atoms with E-state index in [0.29, 0.717) is 6.04 Å². The molecule has 0 aromatic heterocycles. The van der Waals surface area contributed by atoms with Crippen LogP contribution in [0.15, 0.2) is 28.7 Å². The molecule has 1 fully saturated rings. The Balaban J connectivity index is 2.18. The molecule has 2 rings (SSSR count). The topological polar surface area (TPSA) is 12.0 Å². The summed E-state index contributed by atoms with van der Waals surface area (Å²) >= 11 is 3.46. The van der Waals surface area contributed by atoms with E-state index in [0.717, 1.165) is 4.47 Å². The van der Waals surface area contributed by atoms with E-state index in [1.54, 1.807) is 0 Å². The Morgan fingerprint density at radius 3 is 2.21 bits per heavy atom.